The zero-order chi connectivity index (χ0) is 14.5. The smallest absolute Gasteiger partial charge is 0.221 e. The van der Waals surface area contributed by atoms with Gasteiger partial charge >= 0.3 is 0 Å². The van der Waals surface area contributed by atoms with E-state index in [0.29, 0.717) is 36.3 Å². The molecular formula is C13H21ClN4O. The highest BCUT2D eigenvalue weighted by atomic mass is 35.5. The van der Waals surface area contributed by atoms with E-state index in [2.05, 4.69) is 20.6 Å². The molecule has 0 bridgehead atoms. The number of amides is 1. The second-order valence-corrected chi connectivity index (χ2v) is 5.67. The van der Waals surface area contributed by atoms with Gasteiger partial charge in [0.25, 0.3) is 0 Å². The number of hydrogen-bond acceptors (Lipinski definition) is 4. The summed E-state index contributed by atoms with van der Waals surface area (Å²) < 4.78 is 0. The number of rotatable bonds is 5. The highest BCUT2D eigenvalue weighted by Crippen LogP contribution is 2.22. The lowest BCUT2D eigenvalue weighted by Crippen LogP contribution is -2.25. The topological polar surface area (TPSA) is 66.9 Å². The van der Waals surface area contributed by atoms with Gasteiger partial charge in [-0.3, -0.25) is 4.79 Å². The molecular weight excluding hydrogens is 264 g/mol. The maximum Gasteiger partial charge on any atom is 0.221 e. The summed E-state index contributed by atoms with van der Waals surface area (Å²) in [5.74, 6) is 1.35. The summed E-state index contributed by atoms with van der Waals surface area (Å²) in [4.78, 5) is 19.9. The molecule has 5 nitrogen and oxygen atoms in total. The quantitative estimate of drug-likeness (QED) is 0.815. The molecule has 106 valence electrons. The van der Waals surface area contributed by atoms with E-state index in [4.69, 9.17) is 11.6 Å². The zero-order valence-corrected chi connectivity index (χ0v) is 12.6. The number of nitrogens with zero attached hydrogens (tertiary/aromatic N) is 2. The average molecular weight is 285 g/mol. The molecule has 1 aromatic rings. The molecule has 1 rings (SSSR count). The van der Waals surface area contributed by atoms with Gasteiger partial charge in [-0.15, -0.1) is 0 Å². The first kappa shape index (κ1) is 15.7. The summed E-state index contributed by atoms with van der Waals surface area (Å²) in [6.07, 6.45) is 0.403. The minimum Gasteiger partial charge on any atom is -0.369 e. The van der Waals surface area contributed by atoms with Crippen LogP contribution in [-0.4, -0.2) is 29.0 Å². The van der Waals surface area contributed by atoms with E-state index in [1.165, 1.54) is 0 Å². The van der Waals surface area contributed by atoms with E-state index >= 15 is 0 Å². The van der Waals surface area contributed by atoms with Crippen molar-refractivity contribution in [2.24, 2.45) is 0 Å². The van der Waals surface area contributed by atoms with Crippen molar-refractivity contribution in [1.82, 2.24) is 15.3 Å². The van der Waals surface area contributed by atoms with E-state index < -0.39 is 0 Å². The molecule has 0 saturated heterocycles. The van der Waals surface area contributed by atoms with Crippen LogP contribution in [0.3, 0.4) is 0 Å². The Hall–Kier alpha value is -1.36. The van der Waals surface area contributed by atoms with Crippen LogP contribution in [0.2, 0.25) is 5.15 Å². The van der Waals surface area contributed by atoms with Gasteiger partial charge in [0.1, 0.15) is 16.8 Å². The highest BCUT2D eigenvalue weighted by Gasteiger charge is 2.18. The zero-order valence-electron chi connectivity index (χ0n) is 11.9. The summed E-state index contributed by atoms with van der Waals surface area (Å²) in [6, 6.07) is 1.66. The minimum absolute atomic E-state index is 0.0196. The van der Waals surface area contributed by atoms with Crippen LogP contribution in [0.15, 0.2) is 6.07 Å². The Morgan fingerprint density at radius 2 is 2.05 bits per heavy atom. The normalized spacial score (nSPS) is 11.2. The lowest BCUT2D eigenvalue weighted by Gasteiger charge is -2.17. The Kier molecular flexibility index (Phi) is 5.54. The van der Waals surface area contributed by atoms with Crippen LogP contribution in [0, 0.1) is 0 Å². The monoisotopic (exact) mass is 284 g/mol. The molecule has 0 spiro atoms. The number of aromatic nitrogens is 2. The van der Waals surface area contributed by atoms with Crippen molar-refractivity contribution in [2.75, 3.05) is 18.4 Å². The molecule has 1 aromatic heterocycles. The van der Waals surface area contributed by atoms with E-state index in [-0.39, 0.29) is 11.3 Å². The Bertz CT molecular complexity index is 443. The first-order chi connectivity index (χ1) is 8.82. The number of halogens is 1. The van der Waals surface area contributed by atoms with Crippen molar-refractivity contribution in [3.63, 3.8) is 0 Å². The van der Waals surface area contributed by atoms with Crippen LogP contribution in [-0.2, 0) is 10.2 Å². The molecule has 0 atom stereocenters. The first-order valence-electron chi connectivity index (χ1n) is 6.38. The molecule has 0 fully saturated rings. The summed E-state index contributed by atoms with van der Waals surface area (Å²) >= 11 is 5.98. The standard InChI is InChI=1S/C13H21ClN4O/c1-5-15-11(19)6-7-16-10-8-9(14)17-12(18-10)13(2,3)4/h8H,5-7H2,1-4H3,(H,15,19)(H,16,17,18). The van der Waals surface area contributed by atoms with Crippen molar-refractivity contribution < 1.29 is 4.79 Å². The van der Waals surface area contributed by atoms with Crippen molar-refractivity contribution in [1.29, 1.82) is 0 Å². The maximum absolute atomic E-state index is 11.3. The summed E-state index contributed by atoms with van der Waals surface area (Å²) in [5, 5.41) is 6.24. The number of nitrogens with one attached hydrogen (secondary N) is 2. The lowest BCUT2D eigenvalue weighted by atomic mass is 9.96. The fraction of sp³-hybridized carbons (Fsp3) is 0.615. The van der Waals surface area contributed by atoms with Crippen molar-refractivity contribution in [3.8, 4) is 0 Å². The Balaban J connectivity index is 2.64. The maximum atomic E-state index is 11.3. The van der Waals surface area contributed by atoms with Crippen LogP contribution in [0.5, 0.6) is 0 Å². The summed E-state index contributed by atoms with van der Waals surface area (Å²) in [7, 11) is 0. The molecule has 2 N–H and O–H groups in total. The Morgan fingerprint density at radius 3 is 2.63 bits per heavy atom. The van der Waals surface area contributed by atoms with Gasteiger partial charge in [-0.2, -0.15) is 0 Å². The van der Waals surface area contributed by atoms with E-state index in [9.17, 15) is 4.79 Å². The van der Waals surface area contributed by atoms with Gasteiger partial charge in [-0.25, -0.2) is 9.97 Å². The van der Waals surface area contributed by atoms with Crippen LogP contribution in [0.1, 0.15) is 39.9 Å². The fourth-order valence-electron chi connectivity index (χ4n) is 1.43. The van der Waals surface area contributed by atoms with Crippen molar-refractivity contribution >= 4 is 23.3 Å². The minimum atomic E-state index is -0.166. The molecule has 0 aliphatic rings. The number of hydrogen-bond donors (Lipinski definition) is 2. The molecule has 0 radical (unpaired) electrons. The number of anilines is 1. The van der Waals surface area contributed by atoms with E-state index in [1.54, 1.807) is 6.07 Å². The summed E-state index contributed by atoms with van der Waals surface area (Å²) in [6.45, 7) is 9.13. The Labute approximate surface area is 119 Å². The third kappa shape index (κ3) is 5.42. The SMILES string of the molecule is CCNC(=O)CCNc1cc(Cl)nc(C(C)(C)C)n1. The Morgan fingerprint density at radius 1 is 1.37 bits per heavy atom. The van der Waals surface area contributed by atoms with E-state index in [1.807, 2.05) is 27.7 Å². The van der Waals surface area contributed by atoms with Crippen molar-refractivity contribution in [2.45, 2.75) is 39.5 Å². The molecule has 0 aliphatic heterocycles. The van der Waals surface area contributed by atoms with E-state index in [0.717, 1.165) is 0 Å². The van der Waals surface area contributed by atoms with Gasteiger partial charge in [0.15, 0.2) is 0 Å². The van der Waals surface area contributed by atoms with Gasteiger partial charge in [0.05, 0.1) is 0 Å². The fourth-order valence-corrected chi connectivity index (χ4v) is 1.62. The second-order valence-electron chi connectivity index (χ2n) is 5.28. The molecule has 0 aliphatic carbocycles. The highest BCUT2D eigenvalue weighted by molar-refractivity contribution is 6.29. The van der Waals surface area contributed by atoms with Gasteiger partial charge in [-0.1, -0.05) is 32.4 Å². The van der Waals surface area contributed by atoms with Crippen LogP contribution in [0.4, 0.5) is 5.82 Å². The third-order valence-electron chi connectivity index (χ3n) is 2.40. The molecule has 1 amide bonds. The molecule has 1 heterocycles. The number of carbonyl (C=O) groups is 1. The van der Waals surface area contributed by atoms with Crippen LogP contribution >= 0.6 is 11.6 Å². The summed E-state index contributed by atoms with van der Waals surface area (Å²) in [5.41, 5.74) is -0.166. The van der Waals surface area contributed by atoms with Gasteiger partial charge in [0.2, 0.25) is 5.91 Å². The van der Waals surface area contributed by atoms with Gasteiger partial charge in [0, 0.05) is 31.0 Å². The predicted octanol–water partition coefficient (Wildman–Crippen LogP) is 2.37. The average Bonchev–Trinajstić information content (AvgIpc) is 2.27. The lowest BCUT2D eigenvalue weighted by molar-refractivity contribution is -0.120. The second kappa shape index (κ2) is 6.70. The molecule has 0 aromatic carbocycles. The molecule has 6 heteroatoms. The molecule has 0 saturated carbocycles. The number of carbonyl (C=O) groups excluding carboxylic acids is 1. The van der Waals surface area contributed by atoms with Crippen molar-refractivity contribution in [3.05, 3.63) is 17.0 Å². The first-order valence-corrected chi connectivity index (χ1v) is 6.76. The van der Waals surface area contributed by atoms with Crippen LogP contribution < -0.4 is 10.6 Å². The third-order valence-corrected chi connectivity index (χ3v) is 2.59. The molecule has 0 unspecified atom stereocenters. The van der Waals surface area contributed by atoms with Gasteiger partial charge in [-0.05, 0) is 6.92 Å². The predicted molar refractivity (Wildman–Crippen MR) is 77.5 cm³/mol. The van der Waals surface area contributed by atoms with Gasteiger partial charge < -0.3 is 10.6 Å². The van der Waals surface area contributed by atoms with Crippen LogP contribution in [0.25, 0.3) is 0 Å². The molecule has 19 heavy (non-hydrogen) atoms. The largest absolute Gasteiger partial charge is 0.369 e.